The van der Waals surface area contributed by atoms with E-state index in [1.165, 1.54) is 77.0 Å². The number of carbonyl (C=O) groups is 2. The number of carbonyl (C=O) groups excluding carboxylic acids is 2. The van der Waals surface area contributed by atoms with Gasteiger partial charge in [0.15, 0.2) is 0 Å². The van der Waals surface area contributed by atoms with Gasteiger partial charge >= 0.3 is 5.97 Å². The number of nitrogens with one attached hydrogen (secondary N) is 1. The van der Waals surface area contributed by atoms with E-state index in [0.717, 1.165) is 116 Å². The molecule has 0 fully saturated rings. The number of allylic oxidation sites excluding steroid dienone is 16. The fourth-order valence-electron chi connectivity index (χ4n) is 7.71. The molecule has 0 aromatic carbocycles. The Morgan fingerprint density at radius 3 is 1.46 bits per heavy atom. The minimum atomic E-state index is -0.804. The summed E-state index contributed by atoms with van der Waals surface area (Å²) in [5.74, 6) is -0.529. The Bertz CT molecular complexity index is 1290. The first-order chi connectivity index (χ1) is 32.0. The zero-order valence-electron chi connectivity index (χ0n) is 42.3. The molecular formula is C59H101NO5. The van der Waals surface area contributed by atoms with Gasteiger partial charge in [-0.2, -0.15) is 0 Å². The Morgan fingerprint density at radius 2 is 0.923 bits per heavy atom. The van der Waals surface area contributed by atoms with Crippen molar-refractivity contribution in [2.24, 2.45) is 0 Å². The minimum absolute atomic E-state index is 0.0467. The van der Waals surface area contributed by atoms with Gasteiger partial charge in [-0.05, 0) is 77.0 Å². The molecule has 0 aliphatic rings. The molecule has 0 bridgehead atoms. The molecule has 0 saturated carbocycles. The van der Waals surface area contributed by atoms with Gasteiger partial charge in [0.05, 0.1) is 25.2 Å². The number of amides is 1. The van der Waals surface area contributed by atoms with Crippen LogP contribution in [0.25, 0.3) is 0 Å². The Balaban J connectivity index is 4.67. The normalized spacial score (nSPS) is 14.0. The molecule has 372 valence electrons. The molecule has 3 N–H and O–H groups in total. The molecule has 0 heterocycles. The maximum atomic E-state index is 13.2. The summed E-state index contributed by atoms with van der Waals surface area (Å²) in [6.45, 7) is 6.27. The van der Waals surface area contributed by atoms with Crippen LogP contribution < -0.4 is 5.32 Å². The molecular weight excluding hydrogens is 803 g/mol. The Morgan fingerprint density at radius 1 is 0.477 bits per heavy atom. The van der Waals surface area contributed by atoms with Crippen molar-refractivity contribution in [2.75, 3.05) is 6.61 Å². The van der Waals surface area contributed by atoms with Crippen LogP contribution in [-0.4, -0.2) is 46.9 Å². The third-order valence-electron chi connectivity index (χ3n) is 11.8. The lowest BCUT2D eigenvalue weighted by molar-refractivity contribution is -0.151. The van der Waals surface area contributed by atoms with Crippen LogP contribution in [-0.2, 0) is 14.3 Å². The number of hydrogen-bond acceptors (Lipinski definition) is 5. The number of rotatable bonds is 47. The highest BCUT2D eigenvalue weighted by molar-refractivity contribution is 5.77. The predicted octanol–water partition coefficient (Wildman–Crippen LogP) is 16.5. The average molecular weight is 904 g/mol. The van der Waals surface area contributed by atoms with E-state index in [4.69, 9.17) is 4.74 Å². The first kappa shape index (κ1) is 61.8. The SMILES string of the molecule is CC/C=C/C/C=C/C/C=C/CCCCCCC(CC(=O)NC(CO)C(O)CCCCCCCCCCCCCCCC)OC(=O)CCCCCCC/C=C/C=C/C=C/C=C/C=C/CCC. The van der Waals surface area contributed by atoms with Crippen molar-refractivity contribution in [1.82, 2.24) is 5.32 Å². The van der Waals surface area contributed by atoms with Gasteiger partial charge in [-0.1, -0.05) is 246 Å². The van der Waals surface area contributed by atoms with Gasteiger partial charge in [0.2, 0.25) is 5.91 Å². The monoisotopic (exact) mass is 904 g/mol. The number of unbranched alkanes of at least 4 members (excludes halogenated alkanes) is 23. The van der Waals surface area contributed by atoms with Gasteiger partial charge in [0.25, 0.3) is 0 Å². The Labute approximate surface area is 401 Å². The molecule has 6 nitrogen and oxygen atoms in total. The lowest BCUT2D eigenvalue weighted by Gasteiger charge is -2.24. The van der Waals surface area contributed by atoms with Gasteiger partial charge in [-0.3, -0.25) is 9.59 Å². The lowest BCUT2D eigenvalue weighted by atomic mass is 10.0. The molecule has 0 aromatic heterocycles. The summed E-state index contributed by atoms with van der Waals surface area (Å²) >= 11 is 0. The second-order valence-corrected chi connectivity index (χ2v) is 18.0. The third kappa shape index (κ3) is 47.1. The topological polar surface area (TPSA) is 95.9 Å². The van der Waals surface area contributed by atoms with Crippen LogP contribution in [0.4, 0.5) is 0 Å². The molecule has 0 spiro atoms. The van der Waals surface area contributed by atoms with Crippen LogP contribution in [0.3, 0.4) is 0 Å². The molecule has 1 amide bonds. The van der Waals surface area contributed by atoms with E-state index >= 15 is 0 Å². The molecule has 0 aromatic rings. The van der Waals surface area contributed by atoms with Crippen LogP contribution >= 0.6 is 0 Å². The van der Waals surface area contributed by atoms with Crippen molar-refractivity contribution in [3.63, 3.8) is 0 Å². The molecule has 6 heteroatoms. The van der Waals surface area contributed by atoms with Crippen molar-refractivity contribution >= 4 is 11.9 Å². The van der Waals surface area contributed by atoms with Gasteiger partial charge in [-0.15, -0.1) is 0 Å². The molecule has 3 atom stereocenters. The molecule has 65 heavy (non-hydrogen) atoms. The quantitative estimate of drug-likeness (QED) is 0.0245. The molecule has 0 aliphatic carbocycles. The van der Waals surface area contributed by atoms with Crippen LogP contribution in [0.1, 0.15) is 239 Å². The highest BCUT2D eigenvalue weighted by Crippen LogP contribution is 2.17. The molecule has 0 radical (unpaired) electrons. The highest BCUT2D eigenvalue weighted by Gasteiger charge is 2.24. The van der Waals surface area contributed by atoms with Crippen molar-refractivity contribution in [3.8, 4) is 0 Å². The van der Waals surface area contributed by atoms with Gasteiger partial charge < -0.3 is 20.3 Å². The molecule has 0 aliphatic heterocycles. The van der Waals surface area contributed by atoms with E-state index in [1.54, 1.807) is 0 Å². The van der Waals surface area contributed by atoms with Crippen LogP contribution in [0, 0.1) is 0 Å². The van der Waals surface area contributed by atoms with E-state index in [-0.39, 0.29) is 24.9 Å². The second-order valence-electron chi connectivity index (χ2n) is 18.0. The van der Waals surface area contributed by atoms with E-state index in [2.05, 4.69) is 99.0 Å². The maximum absolute atomic E-state index is 13.2. The second kappa shape index (κ2) is 51.8. The maximum Gasteiger partial charge on any atom is 0.306 e. The van der Waals surface area contributed by atoms with E-state index in [9.17, 15) is 19.8 Å². The van der Waals surface area contributed by atoms with Crippen molar-refractivity contribution < 1.29 is 24.5 Å². The standard InChI is InChI=1S/C59H101NO5/c1-4-7-10-13-16-19-22-25-28-29-30-31-34-37-40-43-46-49-52-59(64)65-55(50-47-44-41-38-35-32-26-23-20-17-14-11-8-5-2)53-58(63)60-56(54-61)57(62)51-48-45-42-39-36-33-27-24-21-18-15-12-9-6-3/h8,10-11,13,16-17,19-20,22,25-26,28-32,55-57,61-62H,4-7,9,12,14-15,18,21,23-24,27,33-54H2,1-3H3,(H,60,63)/b11-8+,13-10+,19-16+,20-17+,25-22+,29-28+,31-30+,32-26+. The van der Waals surface area contributed by atoms with Gasteiger partial charge in [0.1, 0.15) is 6.10 Å². The largest absolute Gasteiger partial charge is 0.462 e. The van der Waals surface area contributed by atoms with Crippen molar-refractivity contribution in [1.29, 1.82) is 0 Å². The van der Waals surface area contributed by atoms with Crippen molar-refractivity contribution in [2.45, 2.75) is 257 Å². The predicted molar refractivity (Wildman–Crippen MR) is 282 cm³/mol. The first-order valence-electron chi connectivity index (χ1n) is 27.0. The molecule has 0 rings (SSSR count). The zero-order chi connectivity index (χ0) is 47.4. The number of aliphatic hydroxyl groups is 2. The number of esters is 1. The molecule has 0 saturated heterocycles. The number of aliphatic hydroxyl groups excluding tert-OH is 2. The fraction of sp³-hybridized carbons (Fsp3) is 0.695. The van der Waals surface area contributed by atoms with Crippen LogP contribution in [0.15, 0.2) is 97.2 Å². The minimum Gasteiger partial charge on any atom is -0.462 e. The third-order valence-corrected chi connectivity index (χ3v) is 11.8. The Kier molecular flexibility index (Phi) is 49.2. The summed E-state index contributed by atoms with van der Waals surface area (Å²) in [4.78, 5) is 26.2. The summed E-state index contributed by atoms with van der Waals surface area (Å²) < 4.78 is 5.93. The van der Waals surface area contributed by atoms with Crippen LogP contribution in [0.5, 0.6) is 0 Å². The van der Waals surface area contributed by atoms with Crippen LogP contribution in [0.2, 0.25) is 0 Å². The zero-order valence-corrected chi connectivity index (χ0v) is 42.3. The summed E-state index contributed by atoms with van der Waals surface area (Å²) in [7, 11) is 0. The van der Waals surface area contributed by atoms with E-state index in [1.807, 2.05) is 24.3 Å². The number of hydrogen-bond donors (Lipinski definition) is 3. The summed E-state index contributed by atoms with van der Waals surface area (Å²) in [6.07, 6.45) is 68.9. The number of ether oxygens (including phenoxy) is 1. The molecule has 3 unspecified atom stereocenters. The average Bonchev–Trinajstić information content (AvgIpc) is 3.30. The summed E-state index contributed by atoms with van der Waals surface area (Å²) in [5, 5.41) is 23.8. The van der Waals surface area contributed by atoms with Gasteiger partial charge in [-0.25, -0.2) is 0 Å². The van der Waals surface area contributed by atoms with E-state index < -0.39 is 18.2 Å². The highest BCUT2D eigenvalue weighted by atomic mass is 16.5. The first-order valence-corrected chi connectivity index (χ1v) is 27.0. The summed E-state index contributed by atoms with van der Waals surface area (Å²) in [6, 6.07) is -0.721. The van der Waals surface area contributed by atoms with E-state index in [0.29, 0.717) is 19.3 Å². The lowest BCUT2D eigenvalue weighted by Crippen LogP contribution is -2.46. The smallest absolute Gasteiger partial charge is 0.306 e. The summed E-state index contributed by atoms with van der Waals surface area (Å²) in [5.41, 5.74) is 0. The van der Waals surface area contributed by atoms with Gasteiger partial charge in [0, 0.05) is 6.42 Å². The Hall–Kier alpha value is -3.22. The van der Waals surface area contributed by atoms with Crippen molar-refractivity contribution in [3.05, 3.63) is 97.2 Å². The fourth-order valence-corrected chi connectivity index (χ4v) is 7.71.